The summed E-state index contributed by atoms with van der Waals surface area (Å²) >= 11 is 0. The fraction of sp³-hybridized carbons (Fsp3) is 0.800. The highest BCUT2D eigenvalue weighted by Crippen LogP contribution is 2.11. The number of rotatable bonds is 6. The number of nitrogens with zero attached hydrogens (tertiary/aromatic N) is 1. The molecular formula is C15H27N3O5. The molecule has 3 atom stereocenters. The third-order valence-electron chi connectivity index (χ3n) is 3.78. The van der Waals surface area contributed by atoms with Crippen LogP contribution in [0.2, 0.25) is 0 Å². The maximum absolute atomic E-state index is 12.4. The van der Waals surface area contributed by atoms with Crippen molar-refractivity contribution in [1.82, 2.24) is 15.8 Å². The highest BCUT2D eigenvalue weighted by Gasteiger charge is 2.32. The summed E-state index contributed by atoms with van der Waals surface area (Å²) in [5.41, 5.74) is 2.85. The average molecular weight is 329 g/mol. The molecule has 8 nitrogen and oxygen atoms in total. The van der Waals surface area contributed by atoms with Gasteiger partial charge in [-0.15, -0.1) is 0 Å². The van der Waals surface area contributed by atoms with Crippen LogP contribution in [0, 0.1) is 5.92 Å². The van der Waals surface area contributed by atoms with Gasteiger partial charge >= 0.3 is 5.97 Å². The van der Waals surface area contributed by atoms with E-state index in [-0.39, 0.29) is 17.7 Å². The van der Waals surface area contributed by atoms with Crippen LogP contribution in [0.5, 0.6) is 0 Å². The molecule has 0 aromatic heterocycles. The van der Waals surface area contributed by atoms with Gasteiger partial charge in [-0.2, -0.15) is 0 Å². The minimum Gasteiger partial charge on any atom is -0.468 e. The number of hydrogen-bond acceptors (Lipinski definition) is 6. The molecule has 0 aromatic carbocycles. The molecule has 23 heavy (non-hydrogen) atoms. The molecule has 0 aliphatic carbocycles. The first-order chi connectivity index (χ1) is 10.8. The number of nitrogens with one attached hydrogen (secondary N) is 2. The van der Waals surface area contributed by atoms with Crippen LogP contribution in [0.15, 0.2) is 0 Å². The molecule has 2 amide bonds. The fourth-order valence-electron chi connectivity index (χ4n) is 2.53. The van der Waals surface area contributed by atoms with Gasteiger partial charge in [0.1, 0.15) is 18.2 Å². The van der Waals surface area contributed by atoms with E-state index in [1.807, 2.05) is 13.8 Å². The van der Waals surface area contributed by atoms with Crippen molar-refractivity contribution in [2.24, 2.45) is 5.92 Å². The molecule has 1 saturated heterocycles. The standard InChI is InChI=1S/C15H27N3O5/c1-9(2)12(22-4)13(19)16-10(3)14(20)18-8-6-7-11(17-18)15(21)23-5/h9-12,17H,6-8H2,1-5H3,(H,16,19)/t10-,11-,12-/m0/s1. The second-order valence-corrected chi connectivity index (χ2v) is 5.97. The van der Waals surface area contributed by atoms with Crippen molar-refractivity contribution in [3.8, 4) is 0 Å². The summed E-state index contributed by atoms with van der Waals surface area (Å²) < 4.78 is 9.84. The first-order valence-electron chi connectivity index (χ1n) is 7.80. The van der Waals surface area contributed by atoms with E-state index in [1.54, 1.807) is 6.92 Å². The van der Waals surface area contributed by atoms with Crippen molar-refractivity contribution in [3.63, 3.8) is 0 Å². The number of carbonyl (C=O) groups is 3. The smallest absolute Gasteiger partial charge is 0.324 e. The van der Waals surface area contributed by atoms with E-state index in [0.717, 1.165) is 0 Å². The molecular weight excluding hydrogens is 302 g/mol. The van der Waals surface area contributed by atoms with Gasteiger partial charge in [0.05, 0.1) is 7.11 Å². The maximum Gasteiger partial charge on any atom is 0.324 e. The Morgan fingerprint density at radius 3 is 2.39 bits per heavy atom. The SMILES string of the molecule is COC(=O)[C@@H]1CCCN(C(=O)[C@H](C)NC(=O)[C@@H](OC)C(C)C)N1. The summed E-state index contributed by atoms with van der Waals surface area (Å²) in [6.45, 7) is 5.82. The summed E-state index contributed by atoms with van der Waals surface area (Å²) in [4.78, 5) is 36.1. The Balaban J connectivity index is 2.62. The van der Waals surface area contributed by atoms with Crippen LogP contribution < -0.4 is 10.7 Å². The number of carbonyl (C=O) groups excluding carboxylic acids is 3. The first kappa shape index (κ1) is 19.4. The van der Waals surface area contributed by atoms with E-state index in [4.69, 9.17) is 4.74 Å². The van der Waals surface area contributed by atoms with Gasteiger partial charge in [-0.3, -0.25) is 19.4 Å². The number of hydrazine groups is 1. The zero-order valence-electron chi connectivity index (χ0n) is 14.4. The van der Waals surface area contributed by atoms with Crippen LogP contribution in [-0.4, -0.2) is 61.7 Å². The zero-order chi connectivity index (χ0) is 17.6. The molecule has 1 heterocycles. The molecule has 0 spiro atoms. The van der Waals surface area contributed by atoms with Crippen LogP contribution in [-0.2, 0) is 23.9 Å². The van der Waals surface area contributed by atoms with Gasteiger partial charge < -0.3 is 14.8 Å². The van der Waals surface area contributed by atoms with Crippen molar-refractivity contribution >= 4 is 17.8 Å². The molecule has 1 aliphatic rings. The van der Waals surface area contributed by atoms with Crippen molar-refractivity contribution in [2.75, 3.05) is 20.8 Å². The Morgan fingerprint density at radius 1 is 1.22 bits per heavy atom. The minimum atomic E-state index is -0.720. The van der Waals surface area contributed by atoms with Crippen molar-refractivity contribution in [1.29, 1.82) is 0 Å². The molecule has 0 unspecified atom stereocenters. The predicted molar refractivity (Wildman–Crippen MR) is 83.1 cm³/mol. The van der Waals surface area contributed by atoms with Gasteiger partial charge in [0.25, 0.3) is 5.91 Å². The van der Waals surface area contributed by atoms with E-state index < -0.39 is 24.2 Å². The molecule has 2 N–H and O–H groups in total. The summed E-state index contributed by atoms with van der Waals surface area (Å²) in [5.74, 6) is -1.03. The third kappa shape index (κ3) is 5.18. The highest BCUT2D eigenvalue weighted by molar-refractivity contribution is 5.89. The number of amides is 2. The Morgan fingerprint density at radius 2 is 1.87 bits per heavy atom. The van der Waals surface area contributed by atoms with Gasteiger partial charge in [-0.05, 0) is 25.7 Å². The van der Waals surface area contributed by atoms with E-state index in [0.29, 0.717) is 19.4 Å². The second kappa shape index (κ2) is 8.83. The van der Waals surface area contributed by atoms with Crippen LogP contribution in [0.3, 0.4) is 0 Å². The Labute approximate surface area is 136 Å². The van der Waals surface area contributed by atoms with Crippen LogP contribution in [0.25, 0.3) is 0 Å². The number of hydrogen-bond donors (Lipinski definition) is 2. The number of methoxy groups -OCH3 is 2. The number of esters is 1. The molecule has 0 bridgehead atoms. The lowest BCUT2D eigenvalue weighted by molar-refractivity contribution is -0.151. The Bertz CT molecular complexity index is 441. The van der Waals surface area contributed by atoms with E-state index in [1.165, 1.54) is 19.2 Å². The van der Waals surface area contributed by atoms with E-state index in [2.05, 4.69) is 15.5 Å². The molecule has 0 aromatic rings. The monoisotopic (exact) mass is 329 g/mol. The largest absolute Gasteiger partial charge is 0.468 e. The van der Waals surface area contributed by atoms with Gasteiger partial charge in [0.2, 0.25) is 5.91 Å². The molecule has 0 saturated carbocycles. The summed E-state index contributed by atoms with van der Waals surface area (Å²) in [7, 11) is 2.77. The van der Waals surface area contributed by atoms with Crippen LogP contribution in [0.1, 0.15) is 33.6 Å². The normalized spacial score (nSPS) is 20.8. The van der Waals surface area contributed by atoms with Gasteiger partial charge in [-0.25, -0.2) is 5.43 Å². The van der Waals surface area contributed by atoms with Crippen molar-refractivity contribution in [2.45, 2.75) is 51.8 Å². The topological polar surface area (TPSA) is 97.0 Å². The lowest BCUT2D eigenvalue weighted by atomic mass is 10.1. The highest BCUT2D eigenvalue weighted by atomic mass is 16.5. The Kier molecular flexibility index (Phi) is 7.44. The average Bonchev–Trinajstić information content (AvgIpc) is 2.53. The van der Waals surface area contributed by atoms with Crippen LogP contribution >= 0.6 is 0 Å². The van der Waals surface area contributed by atoms with Crippen molar-refractivity contribution in [3.05, 3.63) is 0 Å². The van der Waals surface area contributed by atoms with Gasteiger partial charge in [-0.1, -0.05) is 13.8 Å². The molecule has 1 aliphatic heterocycles. The summed E-state index contributed by atoms with van der Waals surface area (Å²) in [5, 5.41) is 4.02. The summed E-state index contributed by atoms with van der Waals surface area (Å²) in [6, 6.07) is -1.26. The zero-order valence-corrected chi connectivity index (χ0v) is 14.4. The van der Waals surface area contributed by atoms with Gasteiger partial charge in [0.15, 0.2) is 0 Å². The summed E-state index contributed by atoms with van der Waals surface area (Å²) in [6.07, 6.45) is 0.685. The fourth-order valence-corrected chi connectivity index (χ4v) is 2.53. The first-order valence-corrected chi connectivity index (χ1v) is 7.80. The second-order valence-electron chi connectivity index (χ2n) is 5.97. The van der Waals surface area contributed by atoms with Gasteiger partial charge in [0, 0.05) is 13.7 Å². The lowest BCUT2D eigenvalue weighted by Gasteiger charge is -2.34. The quantitative estimate of drug-likeness (QED) is 0.657. The predicted octanol–water partition coefficient (Wildman–Crippen LogP) is -0.169. The van der Waals surface area contributed by atoms with E-state index in [9.17, 15) is 14.4 Å². The lowest BCUT2D eigenvalue weighted by Crippen LogP contribution is -2.60. The van der Waals surface area contributed by atoms with E-state index >= 15 is 0 Å². The molecule has 8 heteroatoms. The molecule has 0 radical (unpaired) electrons. The van der Waals surface area contributed by atoms with Crippen LogP contribution in [0.4, 0.5) is 0 Å². The molecule has 132 valence electrons. The third-order valence-corrected chi connectivity index (χ3v) is 3.78. The molecule has 1 rings (SSSR count). The minimum absolute atomic E-state index is 0.000816. The number of ether oxygens (including phenoxy) is 2. The Hall–Kier alpha value is -1.67. The van der Waals surface area contributed by atoms with Crippen molar-refractivity contribution < 1.29 is 23.9 Å². The molecule has 1 fully saturated rings. The maximum atomic E-state index is 12.4.